The van der Waals surface area contributed by atoms with Crippen LogP contribution in [0.1, 0.15) is 33.1 Å². The molecule has 2 bridgehead atoms. The molecule has 3 fully saturated rings. The molecule has 0 heterocycles. The van der Waals surface area contributed by atoms with Gasteiger partial charge in [-0.3, -0.25) is 0 Å². The number of fused-ring (bicyclic) bond motifs is 2. The Hall–Kier alpha value is -0.0400. The van der Waals surface area contributed by atoms with Gasteiger partial charge in [0.2, 0.25) is 0 Å². The molecule has 2 unspecified atom stereocenters. The van der Waals surface area contributed by atoms with Gasteiger partial charge in [-0.15, -0.1) is 0 Å². The quantitative estimate of drug-likeness (QED) is 0.608. The zero-order chi connectivity index (χ0) is 8.06. The fourth-order valence-corrected chi connectivity index (χ4v) is 2.94. The third-order valence-electron chi connectivity index (χ3n) is 4.22. The van der Waals surface area contributed by atoms with Gasteiger partial charge in [-0.1, -0.05) is 13.8 Å². The number of nitrogens with one attached hydrogen (secondary N) is 1. The summed E-state index contributed by atoms with van der Waals surface area (Å²) in [4.78, 5) is 0. The van der Waals surface area contributed by atoms with E-state index in [-0.39, 0.29) is 0 Å². The Morgan fingerprint density at radius 3 is 2.00 bits per heavy atom. The standard InChI is InChI=1S/C10H19N/c1-10(2)7-4-8(10)6-9(5-7)11-3/h7-9,11H,4-6H2,1-3H3. The van der Waals surface area contributed by atoms with Gasteiger partial charge in [0.25, 0.3) is 0 Å². The highest BCUT2D eigenvalue weighted by Gasteiger charge is 2.52. The molecule has 64 valence electrons. The Morgan fingerprint density at radius 2 is 1.64 bits per heavy atom. The van der Waals surface area contributed by atoms with E-state index in [2.05, 4.69) is 26.2 Å². The van der Waals surface area contributed by atoms with Crippen molar-refractivity contribution in [1.29, 1.82) is 0 Å². The topological polar surface area (TPSA) is 12.0 Å². The van der Waals surface area contributed by atoms with E-state index in [1.165, 1.54) is 19.3 Å². The lowest BCUT2D eigenvalue weighted by Crippen LogP contribution is -2.54. The first-order valence-corrected chi connectivity index (χ1v) is 4.82. The molecule has 3 saturated carbocycles. The average molecular weight is 153 g/mol. The van der Waals surface area contributed by atoms with Crippen molar-refractivity contribution < 1.29 is 0 Å². The highest BCUT2D eigenvalue weighted by Crippen LogP contribution is 2.58. The van der Waals surface area contributed by atoms with E-state index >= 15 is 0 Å². The van der Waals surface area contributed by atoms with Crippen LogP contribution in [-0.4, -0.2) is 13.1 Å². The van der Waals surface area contributed by atoms with Crippen LogP contribution in [0.4, 0.5) is 0 Å². The van der Waals surface area contributed by atoms with Crippen molar-refractivity contribution in [2.24, 2.45) is 17.3 Å². The van der Waals surface area contributed by atoms with Crippen molar-refractivity contribution in [3.05, 3.63) is 0 Å². The summed E-state index contributed by atoms with van der Waals surface area (Å²) < 4.78 is 0. The molecule has 0 amide bonds. The zero-order valence-electron chi connectivity index (χ0n) is 7.85. The lowest BCUT2D eigenvalue weighted by Gasteiger charge is -2.58. The van der Waals surface area contributed by atoms with Crippen LogP contribution in [-0.2, 0) is 0 Å². The molecule has 1 N–H and O–H groups in total. The smallest absolute Gasteiger partial charge is 0.00697 e. The van der Waals surface area contributed by atoms with Gasteiger partial charge >= 0.3 is 0 Å². The number of hydrogen-bond donors (Lipinski definition) is 1. The van der Waals surface area contributed by atoms with E-state index in [0.29, 0.717) is 5.41 Å². The SMILES string of the molecule is CNC1CC2CC(C1)C2(C)C. The maximum absolute atomic E-state index is 3.40. The fraction of sp³-hybridized carbons (Fsp3) is 1.00. The molecule has 0 aromatic heterocycles. The summed E-state index contributed by atoms with van der Waals surface area (Å²) in [5.74, 6) is 2.03. The molecule has 0 aliphatic heterocycles. The van der Waals surface area contributed by atoms with Gasteiger partial charge < -0.3 is 5.32 Å². The maximum Gasteiger partial charge on any atom is 0.00697 e. The summed E-state index contributed by atoms with van der Waals surface area (Å²) in [5, 5.41) is 3.40. The average Bonchev–Trinajstić information content (AvgIpc) is 2.04. The van der Waals surface area contributed by atoms with E-state index in [4.69, 9.17) is 0 Å². The van der Waals surface area contributed by atoms with Crippen LogP contribution in [0.3, 0.4) is 0 Å². The Balaban J connectivity index is 2.02. The van der Waals surface area contributed by atoms with Crippen LogP contribution in [0.2, 0.25) is 0 Å². The van der Waals surface area contributed by atoms with Gasteiger partial charge in [-0.25, -0.2) is 0 Å². The van der Waals surface area contributed by atoms with Gasteiger partial charge in [-0.2, -0.15) is 0 Å². The van der Waals surface area contributed by atoms with Crippen molar-refractivity contribution in [2.75, 3.05) is 7.05 Å². The third kappa shape index (κ3) is 0.936. The van der Waals surface area contributed by atoms with Crippen molar-refractivity contribution in [3.63, 3.8) is 0 Å². The second kappa shape index (κ2) is 2.22. The molecule has 0 aromatic carbocycles. The van der Waals surface area contributed by atoms with Gasteiger partial charge in [0, 0.05) is 6.04 Å². The third-order valence-corrected chi connectivity index (χ3v) is 4.22. The minimum Gasteiger partial charge on any atom is -0.317 e. The van der Waals surface area contributed by atoms with Gasteiger partial charge in [0.1, 0.15) is 0 Å². The Bertz CT molecular complexity index is 148. The Morgan fingerprint density at radius 1 is 1.09 bits per heavy atom. The fourth-order valence-electron chi connectivity index (χ4n) is 2.94. The first-order chi connectivity index (χ1) is 5.14. The summed E-state index contributed by atoms with van der Waals surface area (Å²) in [6.07, 6.45) is 4.34. The second-order valence-electron chi connectivity index (χ2n) is 4.91. The number of hydrogen-bond acceptors (Lipinski definition) is 1. The van der Waals surface area contributed by atoms with Gasteiger partial charge in [0.05, 0.1) is 0 Å². The first-order valence-electron chi connectivity index (χ1n) is 4.82. The number of rotatable bonds is 1. The lowest BCUT2D eigenvalue weighted by atomic mass is 9.48. The van der Waals surface area contributed by atoms with Gasteiger partial charge in [-0.05, 0) is 43.6 Å². The molecular weight excluding hydrogens is 134 g/mol. The molecule has 11 heavy (non-hydrogen) atoms. The molecule has 2 atom stereocenters. The molecular formula is C10H19N. The predicted molar refractivity (Wildman–Crippen MR) is 47.5 cm³/mol. The minimum atomic E-state index is 0.674. The molecule has 3 rings (SSSR count). The van der Waals surface area contributed by atoms with Crippen LogP contribution in [0.25, 0.3) is 0 Å². The molecule has 0 spiro atoms. The maximum atomic E-state index is 3.40. The Kier molecular flexibility index (Phi) is 1.54. The summed E-state index contributed by atoms with van der Waals surface area (Å²) >= 11 is 0. The summed E-state index contributed by atoms with van der Waals surface area (Å²) in [5.41, 5.74) is 0.674. The lowest BCUT2D eigenvalue weighted by molar-refractivity contribution is -0.0774. The summed E-state index contributed by atoms with van der Waals surface area (Å²) in [6.45, 7) is 4.88. The molecule has 0 saturated heterocycles. The van der Waals surface area contributed by atoms with E-state index in [0.717, 1.165) is 17.9 Å². The first kappa shape index (κ1) is 7.60. The van der Waals surface area contributed by atoms with Crippen LogP contribution >= 0.6 is 0 Å². The van der Waals surface area contributed by atoms with E-state index < -0.39 is 0 Å². The second-order valence-corrected chi connectivity index (χ2v) is 4.91. The van der Waals surface area contributed by atoms with Crippen LogP contribution in [0.5, 0.6) is 0 Å². The normalized spacial score (nSPS) is 46.6. The molecule has 0 radical (unpaired) electrons. The van der Waals surface area contributed by atoms with Crippen LogP contribution < -0.4 is 5.32 Å². The molecule has 3 aliphatic carbocycles. The monoisotopic (exact) mass is 153 g/mol. The van der Waals surface area contributed by atoms with E-state index in [1.54, 1.807) is 0 Å². The van der Waals surface area contributed by atoms with Crippen molar-refractivity contribution in [3.8, 4) is 0 Å². The molecule has 0 aromatic rings. The highest BCUT2D eigenvalue weighted by atomic mass is 14.9. The van der Waals surface area contributed by atoms with Gasteiger partial charge in [0.15, 0.2) is 0 Å². The Labute approximate surface area is 69.6 Å². The van der Waals surface area contributed by atoms with E-state index in [9.17, 15) is 0 Å². The zero-order valence-corrected chi connectivity index (χ0v) is 7.85. The molecule has 1 heteroatoms. The largest absolute Gasteiger partial charge is 0.317 e. The molecule has 3 aliphatic rings. The summed E-state index contributed by atoms with van der Waals surface area (Å²) in [7, 11) is 2.10. The minimum absolute atomic E-state index is 0.674. The van der Waals surface area contributed by atoms with E-state index in [1.807, 2.05) is 0 Å². The van der Waals surface area contributed by atoms with Crippen molar-refractivity contribution in [2.45, 2.75) is 39.2 Å². The highest BCUT2D eigenvalue weighted by molar-refractivity contribution is 5.03. The van der Waals surface area contributed by atoms with Crippen molar-refractivity contribution >= 4 is 0 Å². The summed E-state index contributed by atoms with van der Waals surface area (Å²) in [6, 6.07) is 0.826. The van der Waals surface area contributed by atoms with Crippen LogP contribution in [0, 0.1) is 17.3 Å². The van der Waals surface area contributed by atoms with Crippen molar-refractivity contribution in [1.82, 2.24) is 5.32 Å². The van der Waals surface area contributed by atoms with Crippen LogP contribution in [0.15, 0.2) is 0 Å². The molecule has 1 nitrogen and oxygen atoms in total. The predicted octanol–water partition coefficient (Wildman–Crippen LogP) is 2.03.